The average Bonchev–Trinajstić information content (AvgIpc) is 2.50. The number of nitrogens with one attached hydrogen (secondary N) is 1. The van der Waals surface area contributed by atoms with Crippen LogP contribution in [0.4, 0.5) is 0 Å². The minimum Gasteiger partial charge on any atom is -0.351 e. The molecular weight excluding hydrogens is 345 g/mol. The Kier molecular flexibility index (Phi) is 14.3. The maximum Gasteiger partial charge on any atom is 0.237 e. The van der Waals surface area contributed by atoms with Crippen LogP contribution in [-0.4, -0.2) is 29.9 Å². The van der Waals surface area contributed by atoms with Gasteiger partial charge in [-0.15, -0.1) is 24.8 Å². The van der Waals surface area contributed by atoms with Crippen molar-refractivity contribution in [1.82, 2.24) is 10.2 Å². The quantitative estimate of drug-likeness (QED) is 0.693. The van der Waals surface area contributed by atoms with E-state index in [0.717, 1.165) is 19.6 Å². The third kappa shape index (κ3) is 8.88. The molecule has 1 atom stereocenters. The Balaban J connectivity index is 0. The topological polar surface area (TPSA) is 58.4 Å². The van der Waals surface area contributed by atoms with Gasteiger partial charge in [0.1, 0.15) is 0 Å². The Morgan fingerprint density at radius 1 is 1.12 bits per heavy atom. The van der Waals surface area contributed by atoms with Crippen molar-refractivity contribution >= 4 is 30.7 Å². The summed E-state index contributed by atoms with van der Waals surface area (Å²) < 4.78 is 0. The molecule has 0 heterocycles. The van der Waals surface area contributed by atoms with Gasteiger partial charge in [-0.3, -0.25) is 9.69 Å². The molecule has 1 amide bonds. The standard InChI is InChI=1S/C18H31N3O.2ClH/c1-5-21(6-2)13-16-10-8-7-9-15(16)12-20-18(22)17(19)11-14(3)4;;/h7-10,14,17H,5-6,11-13,19H2,1-4H3,(H,20,22);2*1H/t17-;;/m0../s1. The van der Waals surface area contributed by atoms with E-state index >= 15 is 0 Å². The van der Waals surface area contributed by atoms with E-state index in [1.165, 1.54) is 11.1 Å². The van der Waals surface area contributed by atoms with Gasteiger partial charge in [0.25, 0.3) is 0 Å². The summed E-state index contributed by atoms with van der Waals surface area (Å²) in [5, 5.41) is 2.97. The number of benzene rings is 1. The Bertz CT molecular complexity index is 465. The molecule has 1 aromatic rings. The molecule has 140 valence electrons. The maximum absolute atomic E-state index is 12.1. The molecule has 0 saturated heterocycles. The highest BCUT2D eigenvalue weighted by molar-refractivity contribution is 5.85. The van der Waals surface area contributed by atoms with E-state index in [2.05, 4.69) is 56.1 Å². The van der Waals surface area contributed by atoms with Gasteiger partial charge >= 0.3 is 0 Å². The number of amides is 1. The fourth-order valence-electron chi connectivity index (χ4n) is 2.50. The van der Waals surface area contributed by atoms with E-state index in [1.807, 2.05) is 6.07 Å². The lowest BCUT2D eigenvalue weighted by atomic mass is 10.0. The second kappa shape index (κ2) is 13.5. The lowest BCUT2D eigenvalue weighted by Gasteiger charge is -2.21. The van der Waals surface area contributed by atoms with E-state index in [4.69, 9.17) is 5.73 Å². The predicted molar refractivity (Wildman–Crippen MR) is 107 cm³/mol. The van der Waals surface area contributed by atoms with E-state index in [-0.39, 0.29) is 30.7 Å². The summed E-state index contributed by atoms with van der Waals surface area (Å²) in [7, 11) is 0. The SMILES string of the molecule is CCN(CC)Cc1ccccc1CNC(=O)[C@@H](N)CC(C)C.Cl.Cl. The van der Waals surface area contributed by atoms with Crippen molar-refractivity contribution in [2.75, 3.05) is 13.1 Å². The summed E-state index contributed by atoms with van der Waals surface area (Å²) in [5.74, 6) is 0.363. The Labute approximate surface area is 159 Å². The Hall–Kier alpha value is -0.810. The molecule has 1 aromatic carbocycles. The van der Waals surface area contributed by atoms with Gasteiger partial charge in [-0.25, -0.2) is 0 Å². The first-order valence-corrected chi connectivity index (χ1v) is 8.30. The van der Waals surface area contributed by atoms with Crippen LogP contribution < -0.4 is 11.1 Å². The minimum absolute atomic E-state index is 0. The number of nitrogens with zero attached hydrogens (tertiary/aromatic N) is 1. The van der Waals surface area contributed by atoms with Crippen molar-refractivity contribution in [2.45, 2.75) is 53.2 Å². The van der Waals surface area contributed by atoms with Gasteiger partial charge in [0, 0.05) is 13.1 Å². The highest BCUT2D eigenvalue weighted by Crippen LogP contribution is 2.12. The van der Waals surface area contributed by atoms with Gasteiger partial charge in [0.2, 0.25) is 5.91 Å². The zero-order chi connectivity index (χ0) is 16.5. The third-order valence-electron chi connectivity index (χ3n) is 3.92. The highest BCUT2D eigenvalue weighted by atomic mass is 35.5. The van der Waals surface area contributed by atoms with Crippen LogP contribution in [-0.2, 0) is 17.9 Å². The van der Waals surface area contributed by atoms with Crippen LogP contribution in [0, 0.1) is 5.92 Å². The van der Waals surface area contributed by atoms with Gasteiger partial charge in [0.15, 0.2) is 0 Å². The molecule has 0 saturated carbocycles. The normalized spacial score (nSPS) is 11.6. The molecule has 1 rings (SSSR count). The zero-order valence-corrected chi connectivity index (χ0v) is 16.9. The van der Waals surface area contributed by atoms with Crippen LogP contribution >= 0.6 is 24.8 Å². The van der Waals surface area contributed by atoms with E-state index in [9.17, 15) is 4.79 Å². The molecular formula is C18H33Cl2N3O. The maximum atomic E-state index is 12.1. The van der Waals surface area contributed by atoms with E-state index < -0.39 is 6.04 Å². The summed E-state index contributed by atoms with van der Waals surface area (Å²) in [6.07, 6.45) is 0.715. The predicted octanol–water partition coefficient (Wildman–Crippen LogP) is 3.36. The van der Waals surface area contributed by atoms with Crippen molar-refractivity contribution in [3.8, 4) is 0 Å². The summed E-state index contributed by atoms with van der Waals surface area (Å²) in [4.78, 5) is 14.4. The number of carbonyl (C=O) groups excluding carboxylic acids is 1. The number of rotatable bonds is 9. The number of hydrogen-bond donors (Lipinski definition) is 2. The molecule has 3 N–H and O–H groups in total. The number of halogens is 2. The molecule has 6 heteroatoms. The smallest absolute Gasteiger partial charge is 0.237 e. The fourth-order valence-corrected chi connectivity index (χ4v) is 2.50. The second-order valence-corrected chi connectivity index (χ2v) is 6.18. The van der Waals surface area contributed by atoms with Crippen molar-refractivity contribution in [3.05, 3.63) is 35.4 Å². The first-order valence-electron chi connectivity index (χ1n) is 8.30. The van der Waals surface area contributed by atoms with Crippen LogP contribution in [0.15, 0.2) is 24.3 Å². The summed E-state index contributed by atoms with van der Waals surface area (Å²) in [6, 6.07) is 7.85. The first-order chi connectivity index (χ1) is 10.5. The van der Waals surface area contributed by atoms with E-state index in [1.54, 1.807) is 0 Å². The summed E-state index contributed by atoms with van der Waals surface area (Å²) in [5.41, 5.74) is 8.36. The molecule has 0 aliphatic heterocycles. The molecule has 0 aromatic heterocycles. The number of nitrogens with two attached hydrogens (primary N) is 1. The summed E-state index contributed by atoms with van der Waals surface area (Å²) in [6.45, 7) is 12.0. The molecule has 0 aliphatic rings. The van der Waals surface area contributed by atoms with Crippen LogP contribution in [0.25, 0.3) is 0 Å². The molecule has 0 radical (unpaired) electrons. The first kappa shape index (κ1) is 25.4. The lowest BCUT2D eigenvalue weighted by molar-refractivity contribution is -0.122. The number of carbonyl (C=O) groups is 1. The van der Waals surface area contributed by atoms with Gasteiger partial charge in [-0.05, 0) is 36.6 Å². The van der Waals surface area contributed by atoms with Gasteiger partial charge in [-0.2, -0.15) is 0 Å². The Morgan fingerprint density at radius 3 is 2.17 bits per heavy atom. The lowest BCUT2D eigenvalue weighted by Crippen LogP contribution is -2.41. The zero-order valence-electron chi connectivity index (χ0n) is 15.2. The molecule has 0 spiro atoms. The Morgan fingerprint density at radius 2 is 1.67 bits per heavy atom. The largest absolute Gasteiger partial charge is 0.351 e. The molecule has 0 unspecified atom stereocenters. The second-order valence-electron chi connectivity index (χ2n) is 6.18. The minimum atomic E-state index is -0.421. The molecule has 0 bridgehead atoms. The van der Waals surface area contributed by atoms with Gasteiger partial charge in [0.05, 0.1) is 6.04 Å². The van der Waals surface area contributed by atoms with Crippen molar-refractivity contribution in [2.24, 2.45) is 11.7 Å². The molecule has 0 fully saturated rings. The third-order valence-corrected chi connectivity index (χ3v) is 3.92. The summed E-state index contributed by atoms with van der Waals surface area (Å²) >= 11 is 0. The fraction of sp³-hybridized carbons (Fsp3) is 0.611. The van der Waals surface area contributed by atoms with Crippen LogP contribution in [0.2, 0.25) is 0 Å². The highest BCUT2D eigenvalue weighted by Gasteiger charge is 2.15. The molecule has 4 nitrogen and oxygen atoms in total. The monoisotopic (exact) mass is 377 g/mol. The van der Waals surface area contributed by atoms with Crippen LogP contribution in [0.3, 0.4) is 0 Å². The molecule has 24 heavy (non-hydrogen) atoms. The number of hydrogen-bond acceptors (Lipinski definition) is 3. The molecule has 0 aliphatic carbocycles. The van der Waals surface area contributed by atoms with Gasteiger partial charge in [-0.1, -0.05) is 52.0 Å². The van der Waals surface area contributed by atoms with Crippen molar-refractivity contribution < 1.29 is 4.79 Å². The average molecular weight is 378 g/mol. The van der Waals surface area contributed by atoms with E-state index in [0.29, 0.717) is 18.9 Å². The van der Waals surface area contributed by atoms with Crippen molar-refractivity contribution in [3.63, 3.8) is 0 Å². The van der Waals surface area contributed by atoms with Crippen LogP contribution in [0.5, 0.6) is 0 Å². The van der Waals surface area contributed by atoms with Gasteiger partial charge < -0.3 is 11.1 Å². The van der Waals surface area contributed by atoms with Crippen molar-refractivity contribution in [1.29, 1.82) is 0 Å². The van der Waals surface area contributed by atoms with Crippen LogP contribution in [0.1, 0.15) is 45.2 Å².